The Labute approximate surface area is 162 Å². The van der Waals surface area contributed by atoms with Gasteiger partial charge < -0.3 is 15.1 Å². The quantitative estimate of drug-likeness (QED) is 0.587. The number of pyridine rings is 2. The Kier molecular flexibility index (Phi) is 4.05. The molecule has 0 amide bonds. The maximum Gasteiger partial charge on any atom is 0.231 e. The van der Waals surface area contributed by atoms with Crippen LogP contribution in [0, 0.1) is 0 Å². The Morgan fingerprint density at radius 1 is 1.14 bits per heavy atom. The number of piperidine rings is 1. The fourth-order valence-corrected chi connectivity index (χ4v) is 3.65. The van der Waals surface area contributed by atoms with E-state index >= 15 is 0 Å². The molecule has 1 aliphatic rings. The van der Waals surface area contributed by atoms with Crippen molar-refractivity contribution < 1.29 is 4.42 Å². The number of nitrogens with zero attached hydrogens (tertiary/aromatic N) is 6. The number of hydrogen-bond donors (Lipinski definition) is 1. The number of anilines is 1. The molecule has 1 saturated heterocycles. The van der Waals surface area contributed by atoms with E-state index in [-0.39, 0.29) is 0 Å². The van der Waals surface area contributed by atoms with E-state index in [1.54, 1.807) is 24.7 Å². The number of fused-ring (bicyclic) bond motifs is 1. The van der Waals surface area contributed by atoms with Gasteiger partial charge in [-0.05, 0) is 39.0 Å². The minimum Gasteiger partial charge on any atom is -0.436 e. The monoisotopic (exact) mass is 375 g/mol. The van der Waals surface area contributed by atoms with Gasteiger partial charge in [-0.25, -0.2) is 9.97 Å². The molecule has 8 heteroatoms. The first-order valence-corrected chi connectivity index (χ1v) is 9.37. The SMILES string of the molecule is CN1CCC(n2cc(-c3cnc(N)c(-c4nc5cnccc5o4)c3)cn2)CC1. The van der Waals surface area contributed by atoms with Crippen molar-refractivity contribution in [2.75, 3.05) is 25.9 Å². The van der Waals surface area contributed by atoms with Gasteiger partial charge in [-0.15, -0.1) is 0 Å². The van der Waals surface area contributed by atoms with E-state index < -0.39 is 0 Å². The second-order valence-electron chi connectivity index (χ2n) is 7.26. The average Bonchev–Trinajstić information content (AvgIpc) is 3.36. The summed E-state index contributed by atoms with van der Waals surface area (Å²) in [4.78, 5) is 15.3. The molecule has 4 aromatic rings. The van der Waals surface area contributed by atoms with Gasteiger partial charge in [0, 0.05) is 35.8 Å². The minimum atomic E-state index is 0.381. The summed E-state index contributed by atoms with van der Waals surface area (Å²) in [5.74, 6) is 0.823. The molecule has 2 N–H and O–H groups in total. The molecule has 0 atom stereocenters. The second-order valence-corrected chi connectivity index (χ2v) is 7.26. The molecule has 5 rings (SSSR count). The van der Waals surface area contributed by atoms with Crippen LogP contribution in [-0.2, 0) is 0 Å². The third-order valence-electron chi connectivity index (χ3n) is 5.34. The fourth-order valence-electron chi connectivity index (χ4n) is 3.65. The fraction of sp³-hybridized carbons (Fsp3) is 0.300. The minimum absolute atomic E-state index is 0.381. The summed E-state index contributed by atoms with van der Waals surface area (Å²) in [5, 5.41) is 4.59. The summed E-state index contributed by atoms with van der Waals surface area (Å²) in [6.07, 6.45) is 11.3. The number of oxazole rings is 1. The first kappa shape index (κ1) is 16.9. The molecule has 8 nitrogen and oxygen atoms in total. The maximum atomic E-state index is 6.10. The van der Waals surface area contributed by atoms with Gasteiger partial charge in [0.15, 0.2) is 5.58 Å². The molecule has 0 aromatic carbocycles. The highest BCUT2D eigenvalue weighted by Gasteiger charge is 2.20. The van der Waals surface area contributed by atoms with Crippen LogP contribution in [0.2, 0.25) is 0 Å². The smallest absolute Gasteiger partial charge is 0.231 e. The molecule has 0 bridgehead atoms. The van der Waals surface area contributed by atoms with Crippen LogP contribution in [0.3, 0.4) is 0 Å². The highest BCUT2D eigenvalue weighted by Crippen LogP contribution is 2.31. The summed E-state index contributed by atoms with van der Waals surface area (Å²) in [6.45, 7) is 2.19. The van der Waals surface area contributed by atoms with E-state index in [0.29, 0.717) is 34.4 Å². The summed E-state index contributed by atoms with van der Waals surface area (Å²) in [7, 11) is 2.16. The normalized spacial score (nSPS) is 16.0. The van der Waals surface area contributed by atoms with Gasteiger partial charge in [0.25, 0.3) is 0 Å². The lowest BCUT2D eigenvalue weighted by Gasteiger charge is -2.28. The molecule has 5 heterocycles. The van der Waals surface area contributed by atoms with E-state index in [4.69, 9.17) is 10.2 Å². The zero-order chi connectivity index (χ0) is 19.1. The zero-order valence-corrected chi connectivity index (χ0v) is 15.6. The van der Waals surface area contributed by atoms with Crippen LogP contribution in [0.25, 0.3) is 33.7 Å². The Hall–Kier alpha value is -3.26. The van der Waals surface area contributed by atoms with Crippen molar-refractivity contribution in [1.29, 1.82) is 0 Å². The number of hydrogen-bond acceptors (Lipinski definition) is 7. The van der Waals surface area contributed by atoms with E-state index in [1.165, 1.54) is 0 Å². The standard InChI is InChI=1S/C20H21N7O/c1-26-6-3-15(4-7-26)27-12-14(10-24-27)13-8-16(19(21)23-9-13)20-25-17-11-22-5-2-18(17)28-20/h2,5,8-12,15H,3-4,6-7H2,1H3,(H2,21,23). The number of nitrogen functional groups attached to an aromatic ring is 1. The number of rotatable bonds is 3. The molecule has 0 saturated carbocycles. The van der Waals surface area contributed by atoms with Crippen molar-refractivity contribution in [3.8, 4) is 22.6 Å². The van der Waals surface area contributed by atoms with Gasteiger partial charge in [-0.3, -0.25) is 9.67 Å². The molecule has 1 fully saturated rings. The van der Waals surface area contributed by atoms with Gasteiger partial charge >= 0.3 is 0 Å². The van der Waals surface area contributed by atoms with Gasteiger partial charge in [0.05, 0.1) is 24.0 Å². The lowest BCUT2D eigenvalue weighted by atomic mass is 10.1. The zero-order valence-electron chi connectivity index (χ0n) is 15.6. The van der Waals surface area contributed by atoms with Crippen molar-refractivity contribution in [3.05, 3.63) is 43.1 Å². The number of likely N-dealkylation sites (tertiary alicyclic amines) is 1. The van der Waals surface area contributed by atoms with E-state index in [1.807, 2.05) is 12.3 Å². The molecule has 142 valence electrons. The van der Waals surface area contributed by atoms with Crippen LogP contribution < -0.4 is 5.73 Å². The van der Waals surface area contributed by atoms with Crippen molar-refractivity contribution in [2.45, 2.75) is 18.9 Å². The van der Waals surface area contributed by atoms with Crippen LogP contribution in [-0.4, -0.2) is 49.8 Å². The second kappa shape index (κ2) is 6.72. The number of nitrogens with two attached hydrogens (primary N) is 1. The van der Waals surface area contributed by atoms with Gasteiger partial charge in [-0.1, -0.05) is 0 Å². The summed E-state index contributed by atoms with van der Waals surface area (Å²) in [5.41, 5.74) is 10.1. The van der Waals surface area contributed by atoms with Crippen LogP contribution in [0.15, 0.2) is 47.5 Å². The lowest BCUT2D eigenvalue weighted by Crippen LogP contribution is -2.31. The third-order valence-corrected chi connectivity index (χ3v) is 5.34. The first-order chi connectivity index (χ1) is 13.7. The lowest BCUT2D eigenvalue weighted by molar-refractivity contribution is 0.212. The maximum absolute atomic E-state index is 6.10. The molecule has 0 radical (unpaired) electrons. The third kappa shape index (κ3) is 3.01. The van der Waals surface area contributed by atoms with Crippen LogP contribution in [0.4, 0.5) is 5.82 Å². The predicted octanol–water partition coefficient (Wildman–Crippen LogP) is 3.00. The first-order valence-electron chi connectivity index (χ1n) is 9.37. The van der Waals surface area contributed by atoms with E-state index in [0.717, 1.165) is 37.1 Å². The van der Waals surface area contributed by atoms with Crippen LogP contribution in [0.5, 0.6) is 0 Å². The molecule has 0 unspecified atom stereocenters. The van der Waals surface area contributed by atoms with E-state index in [9.17, 15) is 0 Å². The molecule has 28 heavy (non-hydrogen) atoms. The molecule has 4 aromatic heterocycles. The Balaban J connectivity index is 1.47. The number of aromatic nitrogens is 5. The molecule has 0 spiro atoms. The molecule has 0 aliphatic carbocycles. The molecule has 1 aliphatic heterocycles. The van der Waals surface area contributed by atoms with Gasteiger partial charge in [0.1, 0.15) is 11.3 Å². The topological polar surface area (TPSA) is 98.9 Å². The molecular formula is C20H21N7O. The van der Waals surface area contributed by atoms with E-state index in [2.05, 4.69) is 42.9 Å². The molecular weight excluding hydrogens is 354 g/mol. The van der Waals surface area contributed by atoms with Crippen molar-refractivity contribution in [3.63, 3.8) is 0 Å². The average molecular weight is 375 g/mol. The highest BCUT2D eigenvalue weighted by atomic mass is 16.3. The Morgan fingerprint density at radius 2 is 2.00 bits per heavy atom. The highest BCUT2D eigenvalue weighted by molar-refractivity contribution is 5.80. The summed E-state index contributed by atoms with van der Waals surface area (Å²) in [6, 6.07) is 4.18. The Morgan fingerprint density at radius 3 is 2.82 bits per heavy atom. The predicted molar refractivity (Wildman–Crippen MR) is 106 cm³/mol. The van der Waals surface area contributed by atoms with Crippen molar-refractivity contribution >= 4 is 16.9 Å². The largest absolute Gasteiger partial charge is 0.436 e. The van der Waals surface area contributed by atoms with Gasteiger partial charge in [-0.2, -0.15) is 5.10 Å². The van der Waals surface area contributed by atoms with Crippen molar-refractivity contribution in [2.24, 2.45) is 0 Å². The van der Waals surface area contributed by atoms with Crippen LogP contribution in [0.1, 0.15) is 18.9 Å². The Bertz CT molecular complexity index is 1090. The van der Waals surface area contributed by atoms with Crippen molar-refractivity contribution in [1.82, 2.24) is 29.6 Å². The summed E-state index contributed by atoms with van der Waals surface area (Å²) < 4.78 is 7.91. The van der Waals surface area contributed by atoms with Crippen LogP contribution >= 0.6 is 0 Å². The summed E-state index contributed by atoms with van der Waals surface area (Å²) >= 11 is 0. The van der Waals surface area contributed by atoms with Gasteiger partial charge in [0.2, 0.25) is 5.89 Å².